The first-order chi connectivity index (χ1) is 12.5. The Balaban J connectivity index is 1.69. The van der Waals surface area contributed by atoms with Crippen LogP contribution in [0.3, 0.4) is 0 Å². The monoisotopic (exact) mass is 352 g/mol. The molecule has 1 aromatic carbocycles. The van der Waals surface area contributed by atoms with Gasteiger partial charge in [0.2, 0.25) is 5.91 Å². The highest BCUT2D eigenvalue weighted by atomic mass is 16.2. The van der Waals surface area contributed by atoms with Crippen molar-refractivity contribution in [1.29, 1.82) is 0 Å². The van der Waals surface area contributed by atoms with Crippen LogP contribution >= 0.6 is 0 Å². The van der Waals surface area contributed by atoms with Gasteiger partial charge in [0, 0.05) is 34.9 Å². The van der Waals surface area contributed by atoms with Crippen LogP contribution in [0.1, 0.15) is 43.0 Å². The van der Waals surface area contributed by atoms with Gasteiger partial charge in [-0.1, -0.05) is 18.9 Å². The summed E-state index contributed by atoms with van der Waals surface area (Å²) < 4.78 is 0. The molecule has 6 heteroatoms. The van der Waals surface area contributed by atoms with Crippen LogP contribution in [0.5, 0.6) is 0 Å². The van der Waals surface area contributed by atoms with Crippen LogP contribution in [0.15, 0.2) is 48.8 Å². The Morgan fingerprint density at radius 1 is 1.12 bits per heavy atom. The van der Waals surface area contributed by atoms with Crippen LogP contribution in [0.25, 0.3) is 0 Å². The zero-order valence-electron chi connectivity index (χ0n) is 14.9. The number of nitrogens with zero attached hydrogens (tertiary/aromatic N) is 1. The minimum Gasteiger partial charge on any atom is -0.326 e. The van der Waals surface area contributed by atoms with E-state index in [9.17, 15) is 9.59 Å². The molecule has 1 aliphatic rings. The second kappa shape index (κ2) is 7.66. The fraction of sp³-hybridized carbons (Fsp3) is 0.350. The van der Waals surface area contributed by atoms with E-state index in [0.717, 1.165) is 25.7 Å². The number of benzene rings is 1. The number of hydrogen-bond donors (Lipinski definition) is 3. The van der Waals surface area contributed by atoms with Gasteiger partial charge in [-0.15, -0.1) is 0 Å². The van der Waals surface area contributed by atoms with E-state index in [-0.39, 0.29) is 17.7 Å². The molecule has 1 heterocycles. The summed E-state index contributed by atoms with van der Waals surface area (Å²) in [7, 11) is 0. The molecule has 0 spiro atoms. The van der Waals surface area contributed by atoms with Gasteiger partial charge >= 0.3 is 0 Å². The molecule has 2 unspecified atom stereocenters. The molecule has 2 aromatic rings. The van der Waals surface area contributed by atoms with Crippen molar-refractivity contribution >= 4 is 23.2 Å². The highest BCUT2D eigenvalue weighted by Gasteiger charge is 2.37. The second-order valence-electron chi connectivity index (χ2n) is 7.06. The Bertz CT molecular complexity index is 789. The Labute approximate surface area is 153 Å². The Morgan fingerprint density at radius 3 is 2.62 bits per heavy atom. The molecule has 3 rings (SSSR count). The zero-order chi connectivity index (χ0) is 18.6. The Kier molecular flexibility index (Phi) is 5.32. The van der Waals surface area contributed by atoms with E-state index in [1.165, 1.54) is 0 Å². The van der Waals surface area contributed by atoms with Gasteiger partial charge in [0.1, 0.15) is 0 Å². The minimum atomic E-state index is -0.487. The van der Waals surface area contributed by atoms with Crippen molar-refractivity contribution in [3.8, 4) is 0 Å². The largest absolute Gasteiger partial charge is 0.326 e. The first-order valence-electron chi connectivity index (χ1n) is 8.87. The molecule has 2 atom stereocenters. The van der Waals surface area contributed by atoms with E-state index in [2.05, 4.69) is 15.6 Å². The SMILES string of the molecule is CC1(N)CCCCC1C(=O)Nc1cccc(C(=O)Nc2ccncc2)c1. The molecule has 0 radical (unpaired) electrons. The summed E-state index contributed by atoms with van der Waals surface area (Å²) in [5, 5.41) is 5.72. The van der Waals surface area contributed by atoms with E-state index in [1.807, 2.05) is 6.92 Å². The number of nitrogens with two attached hydrogens (primary N) is 1. The van der Waals surface area contributed by atoms with E-state index >= 15 is 0 Å². The van der Waals surface area contributed by atoms with Gasteiger partial charge < -0.3 is 16.4 Å². The maximum atomic E-state index is 12.7. The van der Waals surface area contributed by atoms with Crippen LogP contribution in [0, 0.1) is 5.92 Å². The highest BCUT2D eigenvalue weighted by molar-refractivity contribution is 6.05. The zero-order valence-corrected chi connectivity index (χ0v) is 14.9. The van der Waals surface area contributed by atoms with Gasteiger partial charge in [-0.3, -0.25) is 14.6 Å². The van der Waals surface area contributed by atoms with Gasteiger partial charge in [-0.25, -0.2) is 0 Å². The fourth-order valence-corrected chi connectivity index (χ4v) is 3.39. The summed E-state index contributed by atoms with van der Waals surface area (Å²) in [6, 6.07) is 10.3. The molecule has 26 heavy (non-hydrogen) atoms. The van der Waals surface area contributed by atoms with E-state index in [4.69, 9.17) is 5.73 Å². The molecular formula is C20H24N4O2. The molecule has 1 aromatic heterocycles. The lowest BCUT2D eigenvalue weighted by Gasteiger charge is -2.37. The highest BCUT2D eigenvalue weighted by Crippen LogP contribution is 2.32. The maximum Gasteiger partial charge on any atom is 0.255 e. The van der Waals surface area contributed by atoms with E-state index < -0.39 is 5.54 Å². The third-order valence-electron chi connectivity index (χ3n) is 4.90. The number of aromatic nitrogens is 1. The lowest BCUT2D eigenvalue weighted by Crippen LogP contribution is -2.51. The number of carbonyl (C=O) groups excluding carboxylic acids is 2. The van der Waals surface area contributed by atoms with Gasteiger partial charge in [0.05, 0.1) is 5.92 Å². The topological polar surface area (TPSA) is 97.1 Å². The quantitative estimate of drug-likeness (QED) is 0.787. The van der Waals surface area contributed by atoms with Crippen LogP contribution in [0.2, 0.25) is 0 Å². The predicted molar refractivity (Wildman–Crippen MR) is 102 cm³/mol. The third-order valence-corrected chi connectivity index (χ3v) is 4.90. The van der Waals surface area contributed by atoms with Crippen molar-refractivity contribution in [3.63, 3.8) is 0 Å². The Morgan fingerprint density at radius 2 is 1.88 bits per heavy atom. The van der Waals surface area contributed by atoms with Gasteiger partial charge in [-0.05, 0) is 50.1 Å². The first kappa shape index (κ1) is 18.1. The summed E-state index contributed by atoms with van der Waals surface area (Å²) in [5.74, 6) is -0.541. The molecule has 1 fully saturated rings. The lowest BCUT2D eigenvalue weighted by atomic mass is 9.74. The second-order valence-corrected chi connectivity index (χ2v) is 7.06. The van der Waals surface area contributed by atoms with Crippen molar-refractivity contribution in [2.24, 2.45) is 11.7 Å². The van der Waals surface area contributed by atoms with Gasteiger partial charge in [-0.2, -0.15) is 0 Å². The lowest BCUT2D eigenvalue weighted by molar-refractivity contribution is -0.122. The van der Waals surface area contributed by atoms with Crippen LogP contribution < -0.4 is 16.4 Å². The molecule has 0 aliphatic heterocycles. The van der Waals surface area contributed by atoms with Crippen molar-refractivity contribution in [2.45, 2.75) is 38.1 Å². The summed E-state index contributed by atoms with van der Waals surface area (Å²) in [6.07, 6.45) is 6.93. The Hall–Kier alpha value is -2.73. The molecule has 0 bridgehead atoms. The molecule has 2 amide bonds. The van der Waals surface area contributed by atoms with Crippen LogP contribution in [-0.2, 0) is 4.79 Å². The van der Waals surface area contributed by atoms with E-state index in [1.54, 1.807) is 48.8 Å². The first-order valence-corrected chi connectivity index (χ1v) is 8.87. The molecular weight excluding hydrogens is 328 g/mol. The number of anilines is 2. The standard InChI is InChI=1S/C20H24N4O2/c1-20(21)10-3-2-7-17(20)19(26)24-16-6-4-5-14(13-16)18(25)23-15-8-11-22-12-9-15/h4-6,8-9,11-13,17H,2-3,7,10,21H2,1H3,(H,24,26)(H,22,23,25). The average Bonchev–Trinajstić information content (AvgIpc) is 2.62. The summed E-state index contributed by atoms with van der Waals surface area (Å²) in [5.41, 5.74) is 7.56. The summed E-state index contributed by atoms with van der Waals surface area (Å²) in [4.78, 5) is 29.0. The summed E-state index contributed by atoms with van der Waals surface area (Å²) >= 11 is 0. The summed E-state index contributed by atoms with van der Waals surface area (Å²) in [6.45, 7) is 1.94. The smallest absolute Gasteiger partial charge is 0.255 e. The average molecular weight is 352 g/mol. The fourth-order valence-electron chi connectivity index (χ4n) is 3.39. The molecule has 0 saturated heterocycles. The number of carbonyl (C=O) groups is 2. The van der Waals surface area contributed by atoms with Crippen LogP contribution in [-0.4, -0.2) is 22.3 Å². The van der Waals surface area contributed by atoms with Crippen molar-refractivity contribution < 1.29 is 9.59 Å². The number of amides is 2. The molecule has 4 N–H and O–H groups in total. The minimum absolute atomic E-state index is 0.0820. The maximum absolute atomic E-state index is 12.7. The van der Waals surface area contributed by atoms with E-state index in [0.29, 0.717) is 16.9 Å². The third kappa shape index (κ3) is 4.26. The molecule has 136 valence electrons. The molecule has 1 aliphatic carbocycles. The van der Waals surface area contributed by atoms with Crippen molar-refractivity contribution in [1.82, 2.24) is 4.98 Å². The normalized spacial score (nSPS) is 22.5. The molecule has 1 saturated carbocycles. The van der Waals surface area contributed by atoms with Crippen molar-refractivity contribution in [2.75, 3.05) is 10.6 Å². The number of rotatable bonds is 4. The number of pyridine rings is 1. The number of nitrogens with one attached hydrogen (secondary N) is 2. The van der Waals surface area contributed by atoms with Crippen molar-refractivity contribution in [3.05, 3.63) is 54.4 Å². The van der Waals surface area contributed by atoms with Crippen LogP contribution in [0.4, 0.5) is 11.4 Å². The van der Waals surface area contributed by atoms with Gasteiger partial charge in [0.25, 0.3) is 5.91 Å². The number of hydrogen-bond acceptors (Lipinski definition) is 4. The predicted octanol–water partition coefficient (Wildman–Crippen LogP) is 3.18. The van der Waals surface area contributed by atoms with Gasteiger partial charge in [0.15, 0.2) is 0 Å². The molecule has 6 nitrogen and oxygen atoms in total.